The predicted octanol–water partition coefficient (Wildman–Crippen LogP) is 0.818. The van der Waals surface area contributed by atoms with Gasteiger partial charge in [-0.3, -0.25) is 9.59 Å². The molecule has 0 saturated heterocycles. The largest absolute Gasteiger partial charge is 0.472 e. The maximum Gasteiger partial charge on any atom is 0.149 e. The minimum absolute atomic E-state index is 0.140. The number of hydrogen-bond donors (Lipinski definition) is 0. The van der Waals surface area contributed by atoms with Gasteiger partial charge in [0.1, 0.15) is 12.6 Å². The summed E-state index contributed by atoms with van der Waals surface area (Å²) in [6.07, 6.45) is 4.09. The zero-order chi connectivity index (χ0) is 8.27. The van der Waals surface area contributed by atoms with Gasteiger partial charge in [-0.1, -0.05) is 6.92 Å². The summed E-state index contributed by atoms with van der Waals surface area (Å²) in [5.41, 5.74) is 0.990. The van der Waals surface area contributed by atoms with E-state index in [2.05, 4.69) is 0 Å². The second-order valence-electron chi connectivity index (χ2n) is 2.33. The first-order valence-electron chi connectivity index (χ1n) is 3.25. The van der Waals surface area contributed by atoms with E-state index in [1.54, 1.807) is 6.92 Å². The molecule has 3 nitrogen and oxygen atoms in total. The van der Waals surface area contributed by atoms with Crippen LogP contribution in [0.15, 0.2) is 23.7 Å². The van der Waals surface area contributed by atoms with Crippen molar-refractivity contribution in [2.75, 3.05) is 0 Å². The molecule has 0 saturated carbocycles. The first-order valence-corrected chi connectivity index (χ1v) is 3.25. The van der Waals surface area contributed by atoms with E-state index in [1.807, 2.05) is 0 Å². The van der Waals surface area contributed by atoms with E-state index in [0.717, 1.165) is 0 Å². The van der Waals surface area contributed by atoms with Gasteiger partial charge in [0.05, 0.1) is 12.5 Å². The number of ether oxygens (including phenoxy) is 1. The Bertz CT molecular complexity index is 214. The van der Waals surface area contributed by atoms with Gasteiger partial charge in [0.2, 0.25) is 0 Å². The van der Waals surface area contributed by atoms with Gasteiger partial charge in [-0.25, -0.2) is 0 Å². The van der Waals surface area contributed by atoms with Gasteiger partial charge in [0, 0.05) is 17.1 Å². The lowest BCUT2D eigenvalue weighted by Crippen LogP contribution is -2.09. The lowest BCUT2D eigenvalue weighted by atomic mass is 9.95. The molecular weight excluding hydrogens is 144 g/mol. The third kappa shape index (κ3) is 1.37. The molecule has 0 aromatic heterocycles. The predicted molar refractivity (Wildman–Crippen MR) is 38.5 cm³/mol. The Balaban J connectivity index is 2.84. The van der Waals surface area contributed by atoms with E-state index in [-0.39, 0.29) is 5.92 Å². The second-order valence-corrected chi connectivity index (χ2v) is 2.33. The van der Waals surface area contributed by atoms with Crippen molar-refractivity contribution >= 4 is 12.6 Å². The lowest BCUT2D eigenvalue weighted by Gasteiger charge is -2.14. The number of carbonyl (C=O) groups is 2. The summed E-state index contributed by atoms with van der Waals surface area (Å²) in [6, 6.07) is 0. The fraction of sp³-hybridized carbons (Fsp3) is 0.250. The first-order chi connectivity index (χ1) is 5.29. The summed E-state index contributed by atoms with van der Waals surface area (Å²) in [6.45, 7) is 1.78. The minimum Gasteiger partial charge on any atom is -0.472 e. The number of allylic oxidation sites excluding steroid dienone is 2. The highest BCUT2D eigenvalue weighted by molar-refractivity contribution is 5.82. The second kappa shape index (κ2) is 3.14. The lowest BCUT2D eigenvalue weighted by molar-refractivity contribution is -0.105. The van der Waals surface area contributed by atoms with Crippen LogP contribution in [0.25, 0.3) is 0 Å². The van der Waals surface area contributed by atoms with E-state index in [4.69, 9.17) is 4.74 Å². The van der Waals surface area contributed by atoms with E-state index in [9.17, 15) is 9.59 Å². The van der Waals surface area contributed by atoms with Crippen molar-refractivity contribution in [3.63, 3.8) is 0 Å². The van der Waals surface area contributed by atoms with Crippen molar-refractivity contribution in [3.05, 3.63) is 23.7 Å². The van der Waals surface area contributed by atoms with Crippen LogP contribution >= 0.6 is 0 Å². The molecule has 0 fully saturated rings. The van der Waals surface area contributed by atoms with Crippen LogP contribution in [0.5, 0.6) is 0 Å². The molecule has 0 radical (unpaired) electrons. The van der Waals surface area contributed by atoms with Crippen LogP contribution < -0.4 is 0 Å². The maximum absolute atomic E-state index is 10.3. The molecule has 1 aliphatic rings. The van der Waals surface area contributed by atoms with Crippen molar-refractivity contribution in [3.8, 4) is 0 Å². The number of carbonyl (C=O) groups excluding carboxylic acids is 2. The number of aldehydes is 2. The topological polar surface area (TPSA) is 43.4 Å². The van der Waals surface area contributed by atoms with Gasteiger partial charge in [-0.15, -0.1) is 0 Å². The Morgan fingerprint density at radius 2 is 1.73 bits per heavy atom. The van der Waals surface area contributed by atoms with Crippen LogP contribution in [0.1, 0.15) is 6.92 Å². The molecule has 11 heavy (non-hydrogen) atoms. The van der Waals surface area contributed by atoms with Crippen LogP contribution in [0.3, 0.4) is 0 Å². The normalized spacial score (nSPS) is 17.9. The van der Waals surface area contributed by atoms with Crippen molar-refractivity contribution in [2.45, 2.75) is 6.92 Å². The quantitative estimate of drug-likeness (QED) is 0.550. The minimum atomic E-state index is -0.140. The zero-order valence-electron chi connectivity index (χ0n) is 6.11. The third-order valence-electron chi connectivity index (χ3n) is 1.68. The molecular formula is C8H8O3. The molecule has 1 aliphatic heterocycles. The Labute approximate surface area is 64.3 Å². The van der Waals surface area contributed by atoms with Gasteiger partial charge >= 0.3 is 0 Å². The van der Waals surface area contributed by atoms with Gasteiger partial charge in [-0.05, 0) is 0 Å². The van der Waals surface area contributed by atoms with Gasteiger partial charge in [0.25, 0.3) is 0 Å². The molecule has 0 bridgehead atoms. The molecule has 1 heterocycles. The summed E-state index contributed by atoms with van der Waals surface area (Å²) in [5.74, 6) is -0.140. The Morgan fingerprint density at radius 3 is 2.09 bits per heavy atom. The summed E-state index contributed by atoms with van der Waals surface area (Å²) in [5, 5.41) is 0. The molecule has 1 rings (SSSR count). The fourth-order valence-corrected chi connectivity index (χ4v) is 0.847. The summed E-state index contributed by atoms with van der Waals surface area (Å²) >= 11 is 0. The van der Waals surface area contributed by atoms with E-state index in [1.165, 1.54) is 12.5 Å². The molecule has 0 spiro atoms. The maximum atomic E-state index is 10.3. The highest BCUT2D eigenvalue weighted by Gasteiger charge is 2.16. The molecule has 0 aliphatic carbocycles. The highest BCUT2D eigenvalue weighted by atomic mass is 16.5. The zero-order valence-corrected chi connectivity index (χ0v) is 6.11. The van der Waals surface area contributed by atoms with E-state index >= 15 is 0 Å². The summed E-state index contributed by atoms with van der Waals surface area (Å²) in [7, 11) is 0. The van der Waals surface area contributed by atoms with Gasteiger partial charge in [0.15, 0.2) is 0 Å². The molecule has 0 amide bonds. The Hall–Kier alpha value is -1.38. The smallest absolute Gasteiger partial charge is 0.149 e. The Kier molecular flexibility index (Phi) is 2.21. The summed E-state index contributed by atoms with van der Waals surface area (Å²) in [4.78, 5) is 20.7. The first kappa shape index (κ1) is 7.72. The van der Waals surface area contributed by atoms with Crippen molar-refractivity contribution in [1.29, 1.82) is 0 Å². The standard InChI is InChI=1S/C8H8O3/c1-6-7(2-9)4-11-5-8(6)3-10/h2-6H,1H3. The fourth-order valence-electron chi connectivity index (χ4n) is 0.847. The highest BCUT2D eigenvalue weighted by Crippen LogP contribution is 2.20. The number of hydrogen-bond acceptors (Lipinski definition) is 3. The Morgan fingerprint density at radius 1 is 1.27 bits per heavy atom. The molecule has 58 valence electrons. The van der Waals surface area contributed by atoms with Crippen LogP contribution in [0.2, 0.25) is 0 Å². The molecule has 0 N–H and O–H groups in total. The van der Waals surface area contributed by atoms with Crippen molar-refractivity contribution in [2.24, 2.45) is 5.92 Å². The average molecular weight is 152 g/mol. The summed E-state index contributed by atoms with van der Waals surface area (Å²) < 4.78 is 4.76. The van der Waals surface area contributed by atoms with Gasteiger partial charge < -0.3 is 4.74 Å². The molecule has 0 atom stereocenters. The van der Waals surface area contributed by atoms with Crippen molar-refractivity contribution < 1.29 is 14.3 Å². The molecule has 0 aromatic carbocycles. The van der Waals surface area contributed by atoms with E-state index in [0.29, 0.717) is 23.7 Å². The SMILES string of the molecule is CC1C(C=O)=COC=C1C=O. The van der Waals surface area contributed by atoms with Crippen LogP contribution in [0.4, 0.5) is 0 Å². The molecule has 3 heteroatoms. The van der Waals surface area contributed by atoms with Crippen LogP contribution in [-0.2, 0) is 14.3 Å². The molecule has 0 unspecified atom stereocenters. The number of rotatable bonds is 2. The monoisotopic (exact) mass is 152 g/mol. The van der Waals surface area contributed by atoms with Crippen LogP contribution in [-0.4, -0.2) is 12.6 Å². The average Bonchev–Trinajstić information content (AvgIpc) is 2.05. The third-order valence-corrected chi connectivity index (χ3v) is 1.68. The van der Waals surface area contributed by atoms with Crippen molar-refractivity contribution in [1.82, 2.24) is 0 Å². The van der Waals surface area contributed by atoms with Crippen LogP contribution in [0, 0.1) is 5.92 Å². The molecule has 0 aromatic rings. The van der Waals surface area contributed by atoms with Gasteiger partial charge in [-0.2, -0.15) is 0 Å². The van der Waals surface area contributed by atoms with E-state index < -0.39 is 0 Å².